The molecule has 0 N–H and O–H groups in total. The second-order valence-electron chi connectivity index (χ2n) is 6.53. The molecule has 0 fully saturated rings. The molecule has 0 radical (unpaired) electrons. The summed E-state index contributed by atoms with van der Waals surface area (Å²) < 4.78 is 17.5. The average molecular weight is 364 g/mol. The first-order valence-corrected chi connectivity index (χ1v) is 11.2. The molecule has 0 spiro atoms. The first kappa shape index (κ1) is 17.6. The molecule has 2 aromatic rings. The van der Waals surface area contributed by atoms with E-state index in [-0.39, 0.29) is 9.45 Å². The van der Waals surface area contributed by atoms with E-state index in [4.69, 9.17) is 4.42 Å². The van der Waals surface area contributed by atoms with E-state index in [0.717, 1.165) is 46.7 Å². The highest BCUT2D eigenvalue weighted by Crippen LogP contribution is 2.34. The Balaban J connectivity index is 2.06. The van der Waals surface area contributed by atoms with Gasteiger partial charge in [-0.1, -0.05) is 28.5 Å². The van der Waals surface area contributed by atoms with Gasteiger partial charge in [0.15, 0.2) is 0 Å². The molecule has 1 aromatic heterocycles. The summed E-state index contributed by atoms with van der Waals surface area (Å²) in [5.41, 5.74) is 2.45. The highest BCUT2D eigenvalue weighted by Gasteiger charge is 2.30. The van der Waals surface area contributed by atoms with Crippen LogP contribution in [0.25, 0.3) is 11.3 Å². The van der Waals surface area contributed by atoms with Gasteiger partial charge in [-0.2, -0.15) is 0 Å². The van der Waals surface area contributed by atoms with Crippen LogP contribution in [0.15, 0.2) is 45.9 Å². The molecule has 2 heterocycles. The Morgan fingerprint density at radius 3 is 2.79 bits per heavy atom. The zero-order chi connectivity index (χ0) is 17.1. The van der Waals surface area contributed by atoms with Gasteiger partial charge in [-0.3, -0.25) is 4.90 Å². The molecule has 130 valence electrons. The molecular weight excluding hydrogens is 338 g/mol. The summed E-state index contributed by atoms with van der Waals surface area (Å²) in [4.78, 5) is 3.79. The molecule has 0 saturated heterocycles. The Bertz CT molecular complexity index is 749. The van der Waals surface area contributed by atoms with Crippen molar-refractivity contribution in [3.05, 3.63) is 42.2 Å². The van der Waals surface area contributed by atoms with Gasteiger partial charge in [0.1, 0.15) is 16.0 Å². The molecule has 1 aromatic carbocycles. The molecule has 2 atom stereocenters. The van der Waals surface area contributed by atoms with Gasteiger partial charge >= 0.3 is 0 Å². The van der Waals surface area contributed by atoms with Gasteiger partial charge in [0.25, 0.3) is 0 Å². The van der Waals surface area contributed by atoms with E-state index in [1.54, 1.807) is 6.26 Å². The van der Waals surface area contributed by atoms with Crippen LogP contribution in [-0.2, 0) is 26.1 Å². The third-order valence-electron chi connectivity index (χ3n) is 4.64. The van der Waals surface area contributed by atoms with Gasteiger partial charge in [0, 0.05) is 28.3 Å². The topological polar surface area (TPSA) is 33.5 Å². The van der Waals surface area contributed by atoms with Crippen molar-refractivity contribution in [1.82, 2.24) is 4.90 Å². The van der Waals surface area contributed by atoms with Crippen LogP contribution < -0.4 is 0 Å². The molecule has 3 rings (SSSR count). The first-order valence-electron chi connectivity index (χ1n) is 8.58. The summed E-state index contributed by atoms with van der Waals surface area (Å²) in [6, 6.07) is 11.2. The summed E-state index contributed by atoms with van der Waals surface area (Å²) in [5.74, 6) is 1.86. The predicted molar refractivity (Wildman–Crippen MR) is 102 cm³/mol. The first-order chi connectivity index (χ1) is 11.7. The standard InChI is InChI=1S/C19H25NO2S2/c1-4-10-20(14(2)3)15-12-17-16(18-8-6-11-22-18)7-5-9-19(17)24(13-15)23-21/h5-9,11,14-15H,4,10,12-13H2,1-3H3. The van der Waals surface area contributed by atoms with E-state index in [1.165, 1.54) is 10.5 Å². The van der Waals surface area contributed by atoms with Crippen molar-refractivity contribution in [1.29, 1.82) is 0 Å². The highest BCUT2D eigenvalue weighted by molar-refractivity contribution is 8.31. The fourth-order valence-electron chi connectivity index (χ4n) is 3.61. The fraction of sp³-hybridized carbons (Fsp3) is 0.474. The number of rotatable bonds is 5. The Morgan fingerprint density at radius 1 is 1.33 bits per heavy atom. The number of nitrogens with zero attached hydrogens (tertiary/aromatic N) is 1. The smallest absolute Gasteiger partial charge is 0.134 e. The van der Waals surface area contributed by atoms with Crippen LogP contribution in [0.3, 0.4) is 0 Å². The molecule has 0 bridgehead atoms. The van der Waals surface area contributed by atoms with Crippen molar-refractivity contribution in [2.75, 3.05) is 12.3 Å². The summed E-state index contributed by atoms with van der Waals surface area (Å²) in [6.07, 6.45) is 3.85. The lowest BCUT2D eigenvalue weighted by molar-refractivity contribution is 0.164. The second kappa shape index (κ2) is 7.81. The van der Waals surface area contributed by atoms with Crippen molar-refractivity contribution >= 4 is 19.7 Å². The molecule has 1 aliphatic rings. The van der Waals surface area contributed by atoms with Crippen molar-refractivity contribution in [2.45, 2.75) is 50.6 Å². The minimum absolute atomic E-state index is 0.291. The van der Waals surface area contributed by atoms with Gasteiger partial charge in [0.2, 0.25) is 0 Å². The maximum atomic E-state index is 11.8. The lowest BCUT2D eigenvalue weighted by Crippen LogP contribution is -2.47. The van der Waals surface area contributed by atoms with E-state index in [0.29, 0.717) is 12.1 Å². The van der Waals surface area contributed by atoms with E-state index < -0.39 is 0 Å². The molecule has 2 unspecified atom stereocenters. The van der Waals surface area contributed by atoms with E-state index in [9.17, 15) is 4.21 Å². The molecule has 5 heteroatoms. The maximum absolute atomic E-state index is 11.8. The Morgan fingerprint density at radius 2 is 2.17 bits per heavy atom. The van der Waals surface area contributed by atoms with Crippen LogP contribution in [0.2, 0.25) is 0 Å². The molecule has 0 aliphatic carbocycles. The second-order valence-corrected chi connectivity index (χ2v) is 9.74. The van der Waals surface area contributed by atoms with Gasteiger partial charge in [-0.05, 0) is 57.0 Å². The summed E-state index contributed by atoms with van der Waals surface area (Å²) in [5, 5.41) is 0. The fourth-order valence-corrected chi connectivity index (χ4v) is 6.60. The minimum atomic E-state index is -0.291. The number of fused-ring (bicyclic) bond motifs is 1. The van der Waals surface area contributed by atoms with Crippen molar-refractivity contribution in [3.8, 4) is 11.3 Å². The largest absolute Gasteiger partial charge is 0.464 e. The zero-order valence-corrected chi connectivity index (χ0v) is 16.2. The normalized spacial score (nSPS) is 20.4. The Hall–Kier alpha value is -1.17. The molecule has 1 aliphatic heterocycles. The Labute approximate surface area is 149 Å². The van der Waals surface area contributed by atoms with Crippen LogP contribution in [0.1, 0.15) is 32.8 Å². The van der Waals surface area contributed by atoms with Crippen LogP contribution >= 0.6 is 0 Å². The number of benzene rings is 1. The van der Waals surface area contributed by atoms with Gasteiger partial charge in [0.05, 0.1) is 6.26 Å². The highest BCUT2D eigenvalue weighted by atomic mass is 32.8. The third kappa shape index (κ3) is 3.44. The summed E-state index contributed by atoms with van der Waals surface area (Å²) in [7, 11) is 0.474. The van der Waals surface area contributed by atoms with Crippen LogP contribution in [0.5, 0.6) is 0 Å². The number of hydrogen-bond acceptors (Lipinski definition) is 3. The van der Waals surface area contributed by atoms with Crippen LogP contribution in [-0.4, -0.2) is 33.5 Å². The maximum Gasteiger partial charge on any atom is 0.134 e. The van der Waals surface area contributed by atoms with Gasteiger partial charge < -0.3 is 4.42 Å². The number of hydrogen-bond donors (Lipinski definition) is 0. The SMILES string of the molecule is CCCN(C(C)C)C1Cc2c(-c3ccco3)cccc2S(=S=O)C1. The third-order valence-corrected chi connectivity index (χ3v) is 7.81. The van der Waals surface area contributed by atoms with E-state index >= 15 is 0 Å². The lowest BCUT2D eigenvalue weighted by atomic mass is 9.97. The Kier molecular flexibility index (Phi) is 5.74. The lowest BCUT2D eigenvalue weighted by Gasteiger charge is -2.38. The van der Waals surface area contributed by atoms with Crippen LogP contribution in [0.4, 0.5) is 0 Å². The van der Waals surface area contributed by atoms with E-state index in [2.05, 4.69) is 43.9 Å². The van der Waals surface area contributed by atoms with E-state index in [1.807, 2.05) is 12.1 Å². The minimum Gasteiger partial charge on any atom is -0.464 e. The van der Waals surface area contributed by atoms with Crippen molar-refractivity contribution in [3.63, 3.8) is 0 Å². The van der Waals surface area contributed by atoms with Crippen LogP contribution in [0, 0.1) is 0 Å². The number of furan rings is 1. The predicted octanol–water partition coefficient (Wildman–Crippen LogP) is 4.10. The zero-order valence-electron chi connectivity index (χ0n) is 14.5. The van der Waals surface area contributed by atoms with Gasteiger partial charge in [-0.25, -0.2) is 4.21 Å². The average Bonchev–Trinajstić information content (AvgIpc) is 3.12. The molecular formula is C19H25NO2S2. The monoisotopic (exact) mass is 363 g/mol. The summed E-state index contributed by atoms with van der Waals surface area (Å²) >= 11 is 0. The quantitative estimate of drug-likeness (QED) is 0.802. The van der Waals surface area contributed by atoms with Gasteiger partial charge in [-0.15, -0.1) is 0 Å². The van der Waals surface area contributed by atoms with Crippen molar-refractivity contribution in [2.24, 2.45) is 0 Å². The molecule has 3 nitrogen and oxygen atoms in total. The molecule has 24 heavy (non-hydrogen) atoms. The molecule has 0 saturated carbocycles. The van der Waals surface area contributed by atoms with Crippen molar-refractivity contribution < 1.29 is 8.63 Å². The molecule has 0 amide bonds. The summed E-state index contributed by atoms with van der Waals surface area (Å²) in [6.45, 7) is 7.82.